The molecule has 0 saturated carbocycles. The topological polar surface area (TPSA) is 85.8 Å². The van der Waals surface area contributed by atoms with E-state index in [0.29, 0.717) is 54.8 Å². The van der Waals surface area contributed by atoms with Gasteiger partial charge < -0.3 is 24.4 Å². The van der Waals surface area contributed by atoms with Crippen LogP contribution in [0, 0.1) is 5.92 Å². The van der Waals surface area contributed by atoms with E-state index >= 15 is 0 Å². The smallest absolute Gasteiger partial charge is 0.263 e. The zero-order chi connectivity index (χ0) is 23.9. The molecular weight excluding hydrogens is 432 g/mol. The van der Waals surface area contributed by atoms with Crippen molar-refractivity contribution in [1.82, 2.24) is 9.97 Å². The molecule has 0 atom stereocenters. The third-order valence-corrected chi connectivity index (χ3v) is 6.01. The van der Waals surface area contributed by atoms with Crippen LogP contribution in [0.1, 0.15) is 25.3 Å². The molecule has 4 rings (SSSR count). The lowest BCUT2D eigenvalue weighted by atomic mass is 9.96. The summed E-state index contributed by atoms with van der Waals surface area (Å²) in [5.74, 6) is 3.00. The molecule has 2 heterocycles. The van der Waals surface area contributed by atoms with Crippen LogP contribution in [0.2, 0.25) is 0 Å². The largest absolute Gasteiger partial charge is 0.493 e. The number of nitrogens with zero attached hydrogens (tertiary/aromatic N) is 3. The second-order valence-electron chi connectivity index (χ2n) is 8.11. The van der Waals surface area contributed by atoms with Crippen LogP contribution in [0.5, 0.6) is 23.1 Å². The Labute approximate surface area is 199 Å². The number of hydrogen-bond acceptors (Lipinski definition) is 7. The van der Waals surface area contributed by atoms with Crippen molar-refractivity contribution < 1.29 is 19.0 Å². The van der Waals surface area contributed by atoms with Gasteiger partial charge in [0, 0.05) is 43.2 Å². The maximum Gasteiger partial charge on any atom is 0.263 e. The molecule has 1 amide bonds. The summed E-state index contributed by atoms with van der Waals surface area (Å²) < 4.78 is 16.6. The van der Waals surface area contributed by atoms with Gasteiger partial charge in [-0.2, -0.15) is 0 Å². The molecule has 1 aromatic heterocycles. The average molecular weight is 463 g/mol. The lowest BCUT2D eigenvalue weighted by Gasteiger charge is -2.32. The van der Waals surface area contributed by atoms with Gasteiger partial charge in [-0.3, -0.25) is 4.79 Å². The molecule has 2 aromatic carbocycles. The predicted octanol–water partition coefficient (Wildman–Crippen LogP) is 4.70. The van der Waals surface area contributed by atoms with Crippen LogP contribution < -0.4 is 24.4 Å². The van der Waals surface area contributed by atoms with Crippen LogP contribution in [0.3, 0.4) is 0 Å². The van der Waals surface area contributed by atoms with E-state index in [4.69, 9.17) is 14.2 Å². The van der Waals surface area contributed by atoms with Crippen LogP contribution in [0.15, 0.2) is 54.9 Å². The monoisotopic (exact) mass is 462 g/mol. The number of carbonyl (C=O) groups is 1. The summed E-state index contributed by atoms with van der Waals surface area (Å²) in [7, 11) is 3.16. The van der Waals surface area contributed by atoms with E-state index in [1.165, 1.54) is 5.56 Å². The van der Waals surface area contributed by atoms with Crippen LogP contribution in [-0.4, -0.2) is 43.2 Å². The number of anilines is 2. The van der Waals surface area contributed by atoms with Gasteiger partial charge in [-0.05, 0) is 49.1 Å². The number of piperidine rings is 1. The predicted molar refractivity (Wildman–Crippen MR) is 131 cm³/mol. The van der Waals surface area contributed by atoms with Crippen molar-refractivity contribution in [2.24, 2.45) is 5.92 Å². The van der Waals surface area contributed by atoms with E-state index in [2.05, 4.69) is 27.1 Å². The fraction of sp³-hybridized carbons (Fsp3) is 0.346. The van der Waals surface area contributed by atoms with Gasteiger partial charge in [-0.15, -0.1) is 0 Å². The number of aromatic nitrogens is 2. The van der Waals surface area contributed by atoms with Gasteiger partial charge in [0.15, 0.2) is 17.3 Å². The Morgan fingerprint density at radius 1 is 1.00 bits per heavy atom. The van der Waals surface area contributed by atoms with Gasteiger partial charge in [0.2, 0.25) is 5.91 Å². The highest BCUT2D eigenvalue weighted by atomic mass is 16.5. The minimum Gasteiger partial charge on any atom is -0.493 e. The number of nitrogens with one attached hydrogen (secondary N) is 1. The minimum atomic E-state index is -0.0908. The van der Waals surface area contributed by atoms with Crippen molar-refractivity contribution in [1.29, 1.82) is 0 Å². The third kappa shape index (κ3) is 5.39. The van der Waals surface area contributed by atoms with E-state index < -0.39 is 0 Å². The average Bonchev–Trinajstić information content (AvgIpc) is 2.89. The molecule has 1 N–H and O–H groups in total. The first kappa shape index (κ1) is 23.4. The van der Waals surface area contributed by atoms with Crippen LogP contribution >= 0.6 is 0 Å². The zero-order valence-corrected chi connectivity index (χ0v) is 19.8. The second-order valence-corrected chi connectivity index (χ2v) is 8.11. The molecule has 0 radical (unpaired) electrons. The maximum absolute atomic E-state index is 12.9. The number of ether oxygens (including phenoxy) is 3. The van der Waals surface area contributed by atoms with Crippen molar-refractivity contribution >= 4 is 17.4 Å². The first-order valence-electron chi connectivity index (χ1n) is 11.5. The van der Waals surface area contributed by atoms with Gasteiger partial charge in [0.1, 0.15) is 5.75 Å². The highest BCUT2D eigenvalue weighted by molar-refractivity contribution is 5.93. The van der Waals surface area contributed by atoms with Crippen LogP contribution in [-0.2, 0) is 11.2 Å². The first-order valence-corrected chi connectivity index (χ1v) is 11.5. The van der Waals surface area contributed by atoms with Crippen molar-refractivity contribution in [3.8, 4) is 23.1 Å². The molecule has 1 saturated heterocycles. The van der Waals surface area contributed by atoms with Gasteiger partial charge >= 0.3 is 0 Å². The number of benzene rings is 2. The molecular formula is C26H30N4O4. The van der Waals surface area contributed by atoms with E-state index in [9.17, 15) is 4.79 Å². The standard InChI is InChI=1S/C26H30N4O4/c1-4-18-5-8-21(9-6-18)34-26-24(27-13-14-28-26)30-15-11-19(12-16-30)25(31)29-20-7-10-22(32-2)23(17-20)33-3/h5-10,13-14,17,19H,4,11-12,15-16H2,1-3H3,(H,29,31). The van der Waals surface area contributed by atoms with Crippen LogP contribution in [0.25, 0.3) is 0 Å². The first-order chi connectivity index (χ1) is 16.6. The SMILES string of the molecule is CCc1ccc(Oc2nccnc2N2CCC(C(=O)Nc3ccc(OC)c(OC)c3)CC2)cc1. The Morgan fingerprint density at radius 3 is 2.38 bits per heavy atom. The fourth-order valence-electron chi connectivity index (χ4n) is 4.02. The normalized spacial score (nSPS) is 13.9. The highest BCUT2D eigenvalue weighted by Gasteiger charge is 2.27. The van der Waals surface area contributed by atoms with Gasteiger partial charge in [-0.1, -0.05) is 19.1 Å². The lowest BCUT2D eigenvalue weighted by Crippen LogP contribution is -2.38. The zero-order valence-electron chi connectivity index (χ0n) is 19.8. The van der Waals surface area contributed by atoms with Crippen LogP contribution in [0.4, 0.5) is 11.5 Å². The number of aryl methyl sites for hydroxylation is 1. The lowest BCUT2D eigenvalue weighted by molar-refractivity contribution is -0.120. The number of rotatable bonds is 8. The Hall–Kier alpha value is -3.81. The van der Waals surface area contributed by atoms with E-state index in [0.717, 1.165) is 12.2 Å². The van der Waals surface area contributed by atoms with E-state index in [-0.39, 0.29) is 11.8 Å². The van der Waals surface area contributed by atoms with Crippen molar-refractivity contribution in [3.05, 3.63) is 60.4 Å². The molecule has 0 unspecified atom stereocenters. The minimum absolute atomic E-state index is 0.00139. The summed E-state index contributed by atoms with van der Waals surface area (Å²) in [4.78, 5) is 23.9. The summed E-state index contributed by atoms with van der Waals surface area (Å²) in [6.07, 6.45) is 5.69. The Kier molecular flexibility index (Phi) is 7.47. The third-order valence-electron chi connectivity index (χ3n) is 6.01. The summed E-state index contributed by atoms with van der Waals surface area (Å²) in [6, 6.07) is 13.3. The molecule has 178 valence electrons. The molecule has 1 fully saturated rings. The Morgan fingerprint density at radius 2 is 1.71 bits per heavy atom. The summed E-state index contributed by atoms with van der Waals surface area (Å²) >= 11 is 0. The summed E-state index contributed by atoms with van der Waals surface area (Å²) in [5, 5.41) is 3.00. The maximum atomic E-state index is 12.9. The summed E-state index contributed by atoms with van der Waals surface area (Å²) in [5.41, 5.74) is 1.93. The van der Waals surface area contributed by atoms with Crippen molar-refractivity contribution in [3.63, 3.8) is 0 Å². The number of carbonyl (C=O) groups excluding carboxylic acids is 1. The van der Waals surface area contributed by atoms with E-state index in [1.54, 1.807) is 38.7 Å². The highest BCUT2D eigenvalue weighted by Crippen LogP contribution is 2.33. The molecule has 0 aliphatic carbocycles. The van der Waals surface area contributed by atoms with Gasteiger partial charge in [0.05, 0.1) is 14.2 Å². The second kappa shape index (κ2) is 10.9. The number of amides is 1. The van der Waals surface area contributed by atoms with Crippen molar-refractivity contribution in [2.45, 2.75) is 26.2 Å². The number of methoxy groups -OCH3 is 2. The summed E-state index contributed by atoms with van der Waals surface area (Å²) in [6.45, 7) is 3.50. The quantitative estimate of drug-likeness (QED) is 0.519. The number of hydrogen-bond donors (Lipinski definition) is 1. The molecule has 8 nitrogen and oxygen atoms in total. The molecule has 34 heavy (non-hydrogen) atoms. The molecule has 1 aliphatic heterocycles. The molecule has 8 heteroatoms. The van der Waals surface area contributed by atoms with Crippen molar-refractivity contribution in [2.75, 3.05) is 37.5 Å². The molecule has 3 aromatic rings. The van der Waals surface area contributed by atoms with E-state index in [1.807, 2.05) is 30.3 Å². The molecule has 0 spiro atoms. The van der Waals surface area contributed by atoms with Gasteiger partial charge in [0.25, 0.3) is 5.88 Å². The Balaban J connectivity index is 1.38. The Bertz CT molecular complexity index is 1110. The molecule has 1 aliphatic rings. The fourth-order valence-corrected chi connectivity index (χ4v) is 4.02. The molecule has 0 bridgehead atoms. The van der Waals surface area contributed by atoms with Gasteiger partial charge in [-0.25, -0.2) is 9.97 Å².